The van der Waals surface area contributed by atoms with E-state index in [2.05, 4.69) is 138 Å². The molecule has 24 nitrogen and oxygen atoms in total. The van der Waals surface area contributed by atoms with Crippen LogP contribution in [0.15, 0.2) is 225 Å². The fourth-order valence-electron chi connectivity index (χ4n) is 9.26. The second-order valence-corrected chi connectivity index (χ2v) is 20.4. The number of nitrogens with one attached hydrogen (secondary N) is 2. The Bertz CT molecular complexity index is 3530. The van der Waals surface area contributed by atoms with Gasteiger partial charge in [0.25, 0.3) is 0 Å². The minimum Gasteiger partial charge on any atom is -0.399 e. The minimum atomic E-state index is 0.710. The lowest BCUT2D eigenvalue weighted by Crippen LogP contribution is -2.32. The van der Waals surface area contributed by atoms with Crippen molar-refractivity contribution in [2.24, 2.45) is 69.1 Å². The number of nitrogen functional groups attached to an aromatic ring is 2. The van der Waals surface area contributed by atoms with Gasteiger partial charge < -0.3 is 22.1 Å². The van der Waals surface area contributed by atoms with Crippen LogP contribution in [-0.4, -0.2) is 41.5 Å². The third-order valence-electron chi connectivity index (χ3n) is 14.0. The summed E-state index contributed by atoms with van der Waals surface area (Å²) in [6, 6.07) is 30.5. The number of aryl methyl sites for hydroxylation is 12. The number of nitrogens with two attached hydrogens (primary N) is 2. The normalized spacial score (nSPS) is 11.7. The zero-order valence-corrected chi connectivity index (χ0v) is 48.9. The molecule has 432 valence electrons. The van der Waals surface area contributed by atoms with Gasteiger partial charge >= 0.3 is 23.8 Å². The second-order valence-electron chi connectivity index (χ2n) is 20.4. The topological polar surface area (TPSA) is 228 Å². The van der Waals surface area contributed by atoms with Gasteiger partial charge in [0.15, 0.2) is 0 Å². The Labute approximate surface area is 489 Å². The first-order valence-electron chi connectivity index (χ1n) is 28.2. The molecule has 0 saturated heterocycles. The van der Waals surface area contributed by atoms with E-state index in [1.165, 1.54) is 0 Å². The van der Waals surface area contributed by atoms with Crippen molar-refractivity contribution in [3.8, 4) is 0 Å². The van der Waals surface area contributed by atoms with Gasteiger partial charge in [0.05, 0.1) is 130 Å². The first-order valence-corrected chi connectivity index (χ1v) is 28.2. The zero-order chi connectivity index (χ0) is 58.6. The van der Waals surface area contributed by atoms with Crippen LogP contribution in [0.25, 0.3) is 0 Å². The minimum absolute atomic E-state index is 0.710. The molecule has 0 unspecified atom stereocenters. The molecule has 0 radical (unpaired) electrons. The van der Waals surface area contributed by atoms with Crippen molar-refractivity contribution in [1.82, 2.24) is 27.4 Å². The number of benzene rings is 4. The lowest BCUT2D eigenvalue weighted by Gasteiger charge is -2.00. The van der Waals surface area contributed by atoms with Crippen LogP contribution in [0.1, 0.15) is 25.7 Å². The Morgan fingerprint density at radius 3 is 0.929 bits per heavy atom. The van der Waals surface area contributed by atoms with Crippen LogP contribution in [0.3, 0.4) is 0 Å². The summed E-state index contributed by atoms with van der Waals surface area (Å²) in [5.41, 5.74) is 18.2. The van der Waals surface area contributed by atoms with Crippen LogP contribution in [0, 0.1) is 0 Å². The molecule has 0 saturated carbocycles. The first-order chi connectivity index (χ1) is 41.0. The molecule has 0 fully saturated rings. The zero-order valence-electron chi connectivity index (χ0n) is 48.9. The molecule has 0 atom stereocenters. The van der Waals surface area contributed by atoms with Crippen LogP contribution >= 0.6 is 0 Å². The smallest absolute Gasteiger partial charge is 0.399 e. The number of rotatable bonds is 26. The number of hydrogen-bond acceptors (Lipinski definition) is 12. The number of anilines is 4. The molecule has 0 spiro atoms. The monoisotopic (exact) mass is 1130 g/mol. The van der Waals surface area contributed by atoms with Gasteiger partial charge in [-0.05, 0) is 97.1 Å². The van der Waals surface area contributed by atoms with Crippen molar-refractivity contribution in [2.45, 2.75) is 78.0 Å². The van der Waals surface area contributed by atoms with Crippen LogP contribution < -0.4 is 49.5 Å². The summed E-state index contributed by atoms with van der Waals surface area (Å²) >= 11 is 0. The predicted octanol–water partition coefficient (Wildman–Crippen LogP) is 9.33. The van der Waals surface area contributed by atoms with E-state index in [0.29, 0.717) is 11.4 Å². The lowest BCUT2D eigenvalue weighted by atomic mass is 10.3. The molecule has 10 aromatic rings. The third kappa shape index (κ3) is 16.4. The van der Waals surface area contributed by atoms with Crippen LogP contribution in [-0.2, 0) is 80.5 Å². The summed E-state index contributed by atoms with van der Waals surface area (Å²) in [5.74, 6) is 3.25. The van der Waals surface area contributed by atoms with E-state index in [4.69, 9.17) is 11.5 Å². The SMILES string of the molecule is CNc1ccc(N=Nc2n(CCCn3cc[n+](CCCn4cc[n+](C)c4N=Nc4ccc(NC)cc4)c3)cc[n+]2C)cc1.C[n+]1ccn(CCCn2cc[n+](CCCn3cc[n+](C)c3N=Nc3ccc(N)cc3)c2)c1N=Nc1ccc(N)cc1. The molecule has 24 heteroatoms. The van der Waals surface area contributed by atoms with Gasteiger partial charge in [0.2, 0.25) is 12.7 Å². The molecule has 0 aliphatic heterocycles. The predicted molar refractivity (Wildman–Crippen MR) is 321 cm³/mol. The van der Waals surface area contributed by atoms with Crippen LogP contribution in [0.4, 0.5) is 69.3 Å². The maximum absolute atomic E-state index is 5.76. The van der Waals surface area contributed by atoms with Gasteiger partial charge in [-0.3, -0.25) is 0 Å². The van der Waals surface area contributed by atoms with E-state index < -0.39 is 0 Å². The van der Waals surface area contributed by atoms with Crippen molar-refractivity contribution < 1.29 is 27.4 Å². The Hall–Kier alpha value is -10.3. The maximum atomic E-state index is 5.76. The lowest BCUT2D eigenvalue weighted by molar-refractivity contribution is -0.697. The maximum Gasteiger partial charge on any atom is 0.421 e. The molecule has 0 amide bonds. The highest BCUT2D eigenvalue weighted by Crippen LogP contribution is 2.23. The molecular formula is C60H78N24+6. The van der Waals surface area contributed by atoms with Gasteiger partial charge in [-0.15, -0.1) is 0 Å². The molecule has 10 rings (SSSR count). The quantitative estimate of drug-likeness (QED) is 0.0236. The van der Waals surface area contributed by atoms with Gasteiger partial charge in [-0.1, -0.05) is 20.5 Å². The molecule has 0 aliphatic carbocycles. The van der Waals surface area contributed by atoms with Crippen molar-refractivity contribution in [3.63, 3.8) is 0 Å². The fraction of sp³-hybridized carbons (Fsp3) is 0.300. The summed E-state index contributed by atoms with van der Waals surface area (Å²) in [5, 5.41) is 41.8. The van der Waals surface area contributed by atoms with E-state index in [1.807, 2.05) is 195 Å². The fourth-order valence-corrected chi connectivity index (χ4v) is 9.26. The summed E-state index contributed by atoms with van der Waals surface area (Å²) in [6.45, 7) is 7.05. The Kier molecular flexibility index (Phi) is 20.1. The average molecular weight is 1140 g/mol. The molecule has 6 N–H and O–H groups in total. The van der Waals surface area contributed by atoms with Crippen LogP contribution in [0.2, 0.25) is 0 Å². The molecule has 6 aromatic heterocycles. The van der Waals surface area contributed by atoms with E-state index in [0.717, 1.165) is 136 Å². The summed E-state index contributed by atoms with van der Waals surface area (Å²) in [4.78, 5) is 0. The van der Waals surface area contributed by atoms with Crippen LogP contribution in [0.5, 0.6) is 0 Å². The largest absolute Gasteiger partial charge is 0.421 e. The Morgan fingerprint density at radius 2 is 0.631 bits per heavy atom. The molecule has 0 aliphatic rings. The highest BCUT2D eigenvalue weighted by molar-refractivity contribution is 5.52. The summed E-state index contributed by atoms with van der Waals surface area (Å²) in [7, 11) is 11.7. The molecular weight excluding hydrogens is 1060 g/mol. The van der Waals surface area contributed by atoms with Crippen molar-refractivity contribution in [1.29, 1.82) is 0 Å². The average Bonchev–Trinajstić information content (AvgIpc) is 4.61. The van der Waals surface area contributed by atoms with E-state index in [1.54, 1.807) is 0 Å². The molecule has 84 heavy (non-hydrogen) atoms. The number of nitrogens with zero attached hydrogens (tertiary/aromatic N) is 20. The van der Waals surface area contributed by atoms with Gasteiger partial charge in [0, 0.05) is 83.0 Å². The number of aromatic nitrogens is 12. The van der Waals surface area contributed by atoms with Gasteiger partial charge in [-0.25, -0.2) is 54.8 Å². The van der Waals surface area contributed by atoms with Crippen molar-refractivity contribution >= 4 is 69.3 Å². The summed E-state index contributed by atoms with van der Waals surface area (Å²) < 4.78 is 25.4. The molecule has 4 aromatic carbocycles. The van der Waals surface area contributed by atoms with Crippen molar-refractivity contribution in [3.05, 3.63) is 184 Å². The number of hydrogen-bond donors (Lipinski definition) is 4. The Morgan fingerprint density at radius 1 is 0.345 bits per heavy atom. The van der Waals surface area contributed by atoms with E-state index >= 15 is 0 Å². The summed E-state index contributed by atoms with van der Waals surface area (Å²) in [6.07, 6.45) is 33.0. The van der Waals surface area contributed by atoms with Gasteiger partial charge in [0.1, 0.15) is 47.5 Å². The van der Waals surface area contributed by atoms with Crippen molar-refractivity contribution in [2.75, 3.05) is 36.2 Å². The molecule has 6 heterocycles. The van der Waals surface area contributed by atoms with E-state index in [9.17, 15) is 0 Å². The highest BCUT2D eigenvalue weighted by Gasteiger charge is 2.19. The Balaban J connectivity index is 0.000000202. The first kappa shape index (κ1) is 58.4. The second kappa shape index (κ2) is 28.9. The number of imidazole rings is 6. The molecule has 0 bridgehead atoms. The third-order valence-corrected chi connectivity index (χ3v) is 14.0. The van der Waals surface area contributed by atoms with Gasteiger partial charge in [-0.2, -0.15) is 0 Å². The standard InChI is InChI=1S/C31H39N12.C29H35N12/c1-32-26-7-11-28(12-8-26)34-36-30-38(3)19-23-42(30)17-5-15-40-21-22-41(25-40)16-6-18-43-24-20-39(4)31(43)37-35-29-13-9-27(33-2)10-14-29;1-36-17-21-40(28(36)34-32-26-9-5-24(30)6-10-26)15-3-13-38-19-20-39(23-38)14-4-16-41-22-18-37(2)29(41)35-33-27-11-7-25(31)8-12-27/h7-14,19-25H,5-6,15-18H2,1-4H3;5-12,17-23,30-31H,3-4,13-16H2,1-2H3/q2*+1/p+4. The number of azo groups is 4. The van der Waals surface area contributed by atoms with E-state index in [-0.39, 0.29) is 0 Å². The highest BCUT2D eigenvalue weighted by atomic mass is 15.3.